The molecule has 6 heteroatoms. The highest BCUT2D eigenvalue weighted by Crippen LogP contribution is 2.32. The average Bonchev–Trinajstić information content (AvgIpc) is 2.95. The van der Waals surface area contributed by atoms with Gasteiger partial charge in [-0.15, -0.1) is 0 Å². The molecule has 1 aliphatic rings. The van der Waals surface area contributed by atoms with Gasteiger partial charge in [0.05, 0.1) is 25.4 Å². The number of ether oxygens (including phenoxy) is 1. The number of hydrogen-bond acceptors (Lipinski definition) is 5. The van der Waals surface area contributed by atoms with Crippen molar-refractivity contribution in [3.8, 4) is 16.9 Å². The van der Waals surface area contributed by atoms with Crippen LogP contribution >= 0.6 is 0 Å². The molecule has 6 nitrogen and oxygen atoms in total. The summed E-state index contributed by atoms with van der Waals surface area (Å²) in [6.45, 7) is 2.26. The first-order chi connectivity index (χ1) is 13.1. The number of aliphatic hydroxyl groups excluding tert-OH is 1. The first-order valence-corrected chi connectivity index (χ1v) is 8.91. The lowest BCUT2D eigenvalue weighted by Crippen LogP contribution is -2.34. The third-order valence-corrected chi connectivity index (χ3v) is 4.15. The normalized spacial score (nSPS) is 13.7. The van der Waals surface area contributed by atoms with Gasteiger partial charge in [-0.3, -0.25) is 14.5 Å². The van der Waals surface area contributed by atoms with Gasteiger partial charge in [0.15, 0.2) is 0 Å². The van der Waals surface area contributed by atoms with Crippen LogP contribution in [-0.4, -0.2) is 41.6 Å². The SMILES string of the molecule is CCCOc1ccc(-c2ccccc2)cc1NC1=CC(=O)N(CCO)C1=O. The molecule has 2 aromatic carbocycles. The lowest BCUT2D eigenvalue weighted by Gasteiger charge is -2.16. The molecule has 0 atom stereocenters. The molecule has 2 N–H and O–H groups in total. The molecule has 2 amide bonds. The monoisotopic (exact) mass is 366 g/mol. The van der Waals surface area contributed by atoms with E-state index in [1.807, 2.05) is 55.5 Å². The Balaban J connectivity index is 1.91. The highest BCUT2D eigenvalue weighted by molar-refractivity contribution is 6.17. The molecule has 3 rings (SSSR count). The molecule has 2 aromatic rings. The van der Waals surface area contributed by atoms with E-state index in [9.17, 15) is 9.59 Å². The molecule has 0 bridgehead atoms. The fourth-order valence-corrected chi connectivity index (χ4v) is 2.83. The van der Waals surface area contributed by atoms with E-state index >= 15 is 0 Å². The molecule has 0 aliphatic carbocycles. The van der Waals surface area contributed by atoms with Gasteiger partial charge >= 0.3 is 0 Å². The molecule has 0 fully saturated rings. The molecule has 0 saturated heterocycles. The van der Waals surface area contributed by atoms with E-state index in [0.29, 0.717) is 18.0 Å². The van der Waals surface area contributed by atoms with Crippen molar-refractivity contribution in [3.05, 3.63) is 60.3 Å². The van der Waals surface area contributed by atoms with Crippen molar-refractivity contribution < 1.29 is 19.4 Å². The number of hydrogen-bond donors (Lipinski definition) is 2. The Morgan fingerprint density at radius 1 is 1.07 bits per heavy atom. The zero-order valence-corrected chi connectivity index (χ0v) is 15.1. The van der Waals surface area contributed by atoms with Crippen LogP contribution in [0.1, 0.15) is 13.3 Å². The smallest absolute Gasteiger partial charge is 0.277 e. The average molecular weight is 366 g/mol. The van der Waals surface area contributed by atoms with Crippen molar-refractivity contribution in [2.45, 2.75) is 13.3 Å². The molecular formula is C21H22N2O4. The Kier molecular flexibility index (Phi) is 5.88. The highest BCUT2D eigenvalue weighted by Gasteiger charge is 2.31. The lowest BCUT2D eigenvalue weighted by atomic mass is 10.0. The van der Waals surface area contributed by atoms with Crippen molar-refractivity contribution in [3.63, 3.8) is 0 Å². The molecule has 27 heavy (non-hydrogen) atoms. The summed E-state index contributed by atoms with van der Waals surface area (Å²) in [7, 11) is 0. The second-order valence-electron chi connectivity index (χ2n) is 6.13. The number of amides is 2. The Morgan fingerprint density at radius 3 is 2.56 bits per heavy atom. The standard InChI is InChI=1S/C21H22N2O4/c1-2-12-27-19-9-8-16(15-6-4-3-5-7-15)13-17(19)22-18-14-20(25)23(10-11-24)21(18)26/h3-9,13-14,22,24H,2,10-12H2,1H3. The number of imide groups is 1. The van der Waals surface area contributed by atoms with E-state index in [4.69, 9.17) is 9.84 Å². The van der Waals surface area contributed by atoms with Gasteiger partial charge in [-0.05, 0) is 29.7 Å². The van der Waals surface area contributed by atoms with Crippen LogP contribution in [-0.2, 0) is 9.59 Å². The number of carbonyl (C=O) groups excluding carboxylic acids is 2. The zero-order chi connectivity index (χ0) is 19.2. The molecule has 1 heterocycles. The van der Waals surface area contributed by atoms with Crippen LogP contribution in [0.15, 0.2) is 60.3 Å². The van der Waals surface area contributed by atoms with Gasteiger partial charge in [0.1, 0.15) is 11.4 Å². The van der Waals surface area contributed by atoms with Crippen molar-refractivity contribution in [1.82, 2.24) is 4.90 Å². The Bertz CT molecular complexity index is 862. The van der Waals surface area contributed by atoms with Gasteiger partial charge in [0.25, 0.3) is 11.8 Å². The summed E-state index contributed by atoms with van der Waals surface area (Å²) in [6.07, 6.45) is 2.10. The van der Waals surface area contributed by atoms with Crippen molar-refractivity contribution >= 4 is 17.5 Å². The predicted octanol–water partition coefficient (Wildman–Crippen LogP) is 2.80. The molecule has 0 saturated carbocycles. The number of aliphatic hydroxyl groups is 1. The maximum atomic E-state index is 12.4. The number of rotatable bonds is 8. The summed E-state index contributed by atoms with van der Waals surface area (Å²) in [5.41, 5.74) is 2.78. The minimum absolute atomic E-state index is 0.0252. The van der Waals surface area contributed by atoms with E-state index in [0.717, 1.165) is 22.4 Å². The summed E-state index contributed by atoms with van der Waals surface area (Å²) in [5, 5.41) is 12.1. The van der Waals surface area contributed by atoms with E-state index in [2.05, 4.69) is 5.32 Å². The number of carbonyl (C=O) groups is 2. The molecule has 0 unspecified atom stereocenters. The van der Waals surface area contributed by atoms with E-state index in [-0.39, 0.29) is 18.8 Å². The predicted molar refractivity (Wildman–Crippen MR) is 103 cm³/mol. The second kappa shape index (κ2) is 8.51. The van der Waals surface area contributed by atoms with Crippen LogP contribution in [0, 0.1) is 0 Å². The van der Waals surface area contributed by atoms with Gasteiger partial charge in [0, 0.05) is 6.08 Å². The maximum absolute atomic E-state index is 12.4. The minimum Gasteiger partial charge on any atom is -0.491 e. The van der Waals surface area contributed by atoms with E-state index in [1.165, 1.54) is 6.08 Å². The van der Waals surface area contributed by atoms with Gasteiger partial charge in [-0.1, -0.05) is 43.3 Å². The summed E-state index contributed by atoms with van der Waals surface area (Å²) in [6, 6.07) is 15.6. The fraction of sp³-hybridized carbons (Fsp3) is 0.238. The van der Waals surface area contributed by atoms with Crippen LogP contribution in [0.2, 0.25) is 0 Å². The summed E-state index contributed by atoms with van der Waals surface area (Å²) < 4.78 is 5.78. The lowest BCUT2D eigenvalue weighted by molar-refractivity contribution is -0.137. The topological polar surface area (TPSA) is 78.9 Å². The van der Waals surface area contributed by atoms with E-state index < -0.39 is 11.8 Å². The van der Waals surface area contributed by atoms with Gasteiger partial charge in [-0.2, -0.15) is 0 Å². The Hall–Kier alpha value is -3.12. The summed E-state index contributed by atoms with van der Waals surface area (Å²) >= 11 is 0. The van der Waals surface area contributed by atoms with Crippen molar-refractivity contribution in [2.75, 3.05) is 25.1 Å². The minimum atomic E-state index is -0.458. The van der Waals surface area contributed by atoms with Crippen LogP contribution in [0.4, 0.5) is 5.69 Å². The largest absolute Gasteiger partial charge is 0.491 e. The summed E-state index contributed by atoms with van der Waals surface area (Å²) in [4.78, 5) is 25.4. The fourth-order valence-electron chi connectivity index (χ4n) is 2.83. The molecule has 0 radical (unpaired) electrons. The van der Waals surface area contributed by atoms with Crippen LogP contribution < -0.4 is 10.1 Å². The van der Waals surface area contributed by atoms with Crippen molar-refractivity contribution in [1.29, 1.82) is 0 Å². The first kappa shape index (κ1) is 18.7. The van der Waals surface area contributed by atoms with Gasteiger partial charge < -0.3 is 15.2 Å². The highest BCUT2D eigenvalue weighted by atomic mass is 16.5. The molecule has 0 aromatic heterocycles. The summed E-state index contributed by atoms with van der Waals surface area (Å²) in [5.74, 6) is -0.286. The number of benzene rings is 2. The number of nitrogens with zero attached hydrogens (tertiary/aromatic N) is 1. The van der Waals surface area contributed by atoms with Crippen LogP contribution in [0.25, 0.3) is 11.1 Å². The van der Waals surface area contributed by atoms with Crippen LogP contribution in [0.5, 0.6) is 5.75 Å². The molecular weight excluding hydrogens is 344 g/mol. The Labute approximate surface area is 158 Å². The quantitative estimate of drug-likeness (QED) is 0.703. The molecule has 140 valence electrons. The molecule has 0 spiro atoms. The third kappa shape index (κ3) is 4.17. The van der Waals surface area contributed by atoms with Crippen LogP contribution in [0.3, 0.4) is 0 Å². The first-order valence-electron chi connectivity index (χ1n) is 8.91. The number of anilines is 1. The Morgan fingerprint density at radius 2 is 1.85 bits per heavy atom. The van der Waals surface area contributed by atoms with Gasteiger partial charge in [0.2, 0.25) is 0 Å². The maximum Gasteiger partial charge on any atom is 0.277 e. The third-order valence-electron chi connectivity index (χ3n) is 4.15. The second-order valence-corrected chi connectivity index (χ2v) is 6.13. The number of nitrogens with one attached hydrogen (secondary N) is 1. The van der Waals surface area contributed by atoms with Crippen molar-refractivity contribution in [2.24, 2.45) is 0 Å². The van der Waals surface area contributed by atoms with E-state index in [1.54, 1.807) is 0 Å². The van der Waals surface area contributed by atoms with Gasteiger partial charge in [-0.25, -0.2) is 0 Å². The zero-order valence-electron chi connectivity index (χ0n) is 15.1. The number of β-amino-alcohol motifs (C(OH)–C–C–N with tert-alkyl or cyclic N) is 1. The molecule has 1 aliphatic heterocycles.